The summed E-state index contributed by atoms with van der Waals surface area (Å²) in [6.45, 7) is 1.13. The SMILES string of the molecule is C[O+]C(=O)C(Cc1ccccc1)N[P+]([O-])(O[NH3+])OC[C@H]1O[C@@H](n2cc(C)c(=O)[nH]c2=O)C[C@@H]1O. The lowest BCUT2D eigenvalue weighted by Crippen LogP contribution is -2.56. The lowest BCUT2D eigenvalue weighted by molar-refractivity contribution is -0.652. The van der Waals surface area contributed by atoms with Crippen LogP contribution in [-0.4, -0.2) is 52.6 Å². The van der Waals surface area contributed by atoms with E-state index in [4.69, 9.17) is 18.6 Å². The molecule has 0 spiro atoms. The number of methoxy groups -OCH3 is 1. The highest BCUT2D eigenvalue weighted by Crippen LogP contribution is 2.47. The monoisotopic (exact) mass is 499 g/mol. The molecule has 34 heavy (non-hydrogen) atoms. The first-order valence-corrected chi connectivity index (χ1v) is 11.9. The van der Waals surface area contributed by atoms with Gasteiger partial charge in [-0.3, -0.25) is 14.3 Å². The molecule has 1 aromatic heterocycles. The zero-order valence-corrected chi connectivity index (χ0v) is 19.6. The van der Waals surface area contributed by atoms with Crippen LogP contribution in [0, 0.1) is 6.92 Å². The molecule has 1 aliphatic heterocycles. The van der Waals surface area contributed by atoms with Gasteiger partial charge in [0.05, 0.1) is 10.9 Å². The molecule has 0 amide bonds. The predicted molar refractivity (Wildman–Crippen MR) is 117 cm³/mol. The summed E-state index contributed by atoms with van der Waals surface area (Å²) in [5, 5.41) is 12.9. The van der Waals surface area contributed by atoms with Crippen molar-refractivity contribution in [3.05, 3.63) is 68.5 Å². The number of hydrogen-bond acceptors (Lipinski definition) is 10. The summed E-state index contributed by atoms with van der Waals surface area (Å²) in [6.07, 6.45) is -1.41. The summed E-state index contributed by atoms with van der Waals surface area (Å²) in [5.74, 6) is 2.49. The van der Waals surface area contributed by atoms with E-state index in [0.717, 1.165) is 10.1 Å². The molecule has 2 aromatic rings. The van der Waals surface area contributed by atoms with E-state index in [2.05, 4.69) is 16.0 Å². The molecule has 13 nitrogen and oxygen atoms in total. The van der Waals surface area contributed by atoms with E-state index >= 15 is 0 Å². The molecule has 0 saturated carbocycles. The van der Waals surface area contributed by atoms with Gasteiger partial charge in [-0.25, -0.2) is 4.79 Å². The number of aromatic amines is 1. The second-order valence-corrected chi connectivity index (χ2v) is 9.50. The highest BCUT2D eigenvalue weighted by molar-refractivity contribution is 7.56. The topological polar surface area (TPSA) is 194 Å². The number of rotatable bonds is 10. The van der Waals surface area contributed by atoms with Crippen LogP contribution in [0.5, 0.6) is 0 Å². The highest BCUT2D eigenvalue weighted by atomic mass is 31.2. The molecule has 185 valence electrons. The predicted octanol–water partition coefficient (Wildman–Crippen LogP) is -1.90. The van der Waals surface area contributed by atoms with Gasteiger partial charge in [0.15, 0.2) is 7.11 Å². The van der Waals surface area contributed by atoms with E-state index in [0.29, 0.717) is 5.56 Å². The zero-order chi connectivity index (χ0) is 24.9. The number of nitrogens with zero attached hydrogens (tertiary/aromatic N) is 1. The summed E-state index contributed by atoms with van der Waals surface area (Å²) < 4.78 is 21.8. The smallest absolute Gasteiger partial charge is 0.595 e. The van der Waals surface area contributed by atoms with Crippen molar-refractivity contribution in [2.45, 2.75) is 44.2 Å². The van der Waals surface area contributed by atoms with Gasteiger partial charge >= 0.3 is 19.8 Å². The molecule has 1 aliphatic rings. The van der Waals surface area contributed by atoms with Crippen molar-refractivity contribution < 1.29 is 39.3 Å². The molecule has 14 heteroatoms. The molecular weight excluding hydrogens is 471 g/mol. The normalized spacial score (nSPS) is 22.8. The third kappa shape index (κ3) is 6.34. The average molecular weight is 499 g/mol. The number of aryl methyl sites for hydroxylation is 1. The average Bonchev–Trinajstić information content (AvgIpc) is 3.20. The van der Waals surface area contributed by atoms with Gasteiger partial charge in [0, 0.05) is 24.6 Å². The van der Waals surface area contributed by atoms with Gasteiger partial charge in [-0.05, 0) is 17.1 Å². The quantitative estimate of drug-likeness (QED) is 0.124. The van der Waals surface area contributed by atoms with Crippen LogP contribution in [0.2, 0.25) is 0 Å². The second kappa shape index (κ2) is 11.3. The first kappa shape index (κ1) is 26.1. The second-order valence-electron chi connectivity index (χ2n) is 7.73. The van der Waals surface area contributed by atoms with Gasteiger partial charge in [-0.15, -0.1) is 5.09 Å². The van der Waals surface area contributed by atoms with Gasteiger partial charge in [0.2, 0.25) is 6.04 Å². The zero-order valence-electron chi connectivity index (χ0n) is 18.7. The van der Waals surface area contributed by atoms with Crippen LogP contribution in [0.15, 0.2) is 46.1 Å². The molecule has 5 atom stereocenters. The number of H-pyrrole nitrogens is 1. The lowest BCUT2D eigenvalue weighted by atomic mass is 10.1. The molecule has 1 aromatic carbocycles. The van der Waals surface area contributed by atoms with E-state index in [-0.39, 0.29) is 12.8 Å². The van der Waals surface area contributed by atoms with E-state index < -0.39 is 56.4 Å². The number of ether oxygens (including phenoxy) is 2. The van der Waals surface area contributed by atoms with Crippen LogP contribution < -0.4 is 27.1 Å². The third-order valence-electron chi connectivity index (χ3n) is 5.32. The molecule has 1 saturated heterocycles. The summed E-state index contributed by atoms with van der Waals surface area (Å²) in [7, 11) is -2.93. The molecule has 1 radical (unpaired) electrons. The Morgan fingerprint density at radius 3 is 2.79 bits per heavy atom. The van der Waals surface area contributed by atoms with Crippen molar-refractivity contribution in [1.29, 1.82) is 0 Å². The molecule has 0 bridgehead atoms. The van der Waals surface area contributed by atoms with E-state index in [9.17, 15) is 24.4 Å². The summed E-state index contributed by atoms with van der Waals surface area (Å²) >= 11 is 0. The maximum Gasteiger partial charge on any atom is 0.595 e. The molecule has 1 fully saturated rings. The summed E-state index contributed by atoms with van der Waals surface area (Å²) in [4.78, 5) is 51.2. The first-order valence-electron chi connectivity index (χ1n) is 10.4. The maximum atomic E-state index is 13.1. The Morgan fingerprint density at radius 2 is 2.15 bits per heavy atom. The number of carbonyl (C=O) groups excluding carboxylic acids is 1. The molecule has 2 unspecified atom stereocenters. The van der Waals surface area contributed by atoms with Crippen molar-refractivity contribution in [3.8, 4) is 0 Å². The third-order valence-corrected chi connectivity index (χ3v) is 6.78. The Hall–Kier alpha value is -2.48. The minimum Gasteiger partial charge on any atom is -0.611 e. The minimum absolute atomic E-state index is 0.0289. The van der Waals surface area contributed by atoms with Gasteiger partial charge in [-0.1, -0.05) is 30.3 Å². The lowest BCUT2D eigenvalue weighted by Gasteiger charge is -2.25. The van der Waals surface area contributed by atoms with E-state index in [1.54, 1.807) is 24.3 Å². The molecule has 2 heterocycles. The molecule has 6 N–H and O–H groups in total. The number of aliphatic hydroxyl groups is 1. The number of aromatic nitrogens is 2. The molecule has 3 rings (SSSR count). The fourth-order valence-electron chi connectivity index (χ4n) is 3.48. The Morgan fingerprint density at radius 1 is 1.44 bits per heavy atom. The molecular formula is C20H28N4O9P+2. The first-order chi connectivity index (χ1) is 16.2. The maximum absolute atomic E-state index is 13.1. The Kier molecular flexibility index (Phi) is 8.68. The van der Waals surface area contributed by atoms with Crippen LogP contribution in [0.4, 0.5) is 0 Å². The number of nitrogens with one attached hydrogen (secondary N) is 2. The van der Waals surface area contributed by atoms with Crippen molar-refractivity contribution in [1.82, 2.24) is 14.6 Å². The van der Waals surface area contributed by atoms with Gasteiger partial charge in [0.1, 0.15) is 18.9 Å². The van der Waals surface area contributed by atoms with Gasteiger partial charge in [0.25, 0.3) is 5.56 Å². The van der Waals surface area contributed by atoms with Crippen molar-refractivity contribution in [2.24, 2.45) is 0 Å². The Labute approximate surface area is 195 Å². The van der Waals surface area contributed by atoms with Crippen molar-refractivity contribution >= 4 is 14.1 Å². The number of benzene rings is 1. The Balaban J connectivity index is 1.67. The van der Waals surface area contributed by atoms with Crippen LogP contribution in [0.3, 0.4) is 0 Å². The largest absolute Gasteiger partial charge is 0.611 e. The summed E-state index contributed by atoms with van der Waals surface area (Å²) in [6, 6.07) is 7.92. The highest BCUT2D eigenvalue weighted by Gasteiger charge is 2.46. The number of carbonyl (C=O) groups is 1. The van der Waals surface area contributed by atoms with Gasteiger partial charge < -0.3 is 19.5 Å². The van der Waals surface area contributed by atoms with Crippen molar-refractivity contribution in [3.63, 3.8) is 0 Å². The standard InChI is InChI=1S/C20H27N4O9P/c1-12-10-24(20(28)22-18(12)26)17-9-15(25)16(32-17)11-31-34(29,33-21)23-14(19(27)30-2)8-13-6-4-3-5-7-13/h3-7,10,14-17,25H,8-9,11H2,1-2,21H3,(H-,22,23,26,28,29)/q+1/p+1/t14?,15-,16+,17+,34?/m0/s1. The van der Waals surface area contributed by atoms with Crippen LogP contribution in [-0.2, 0) is 29.8 Å². The number of esters is 1. The van der Waals surface area contributed by atoms with Crippen LogP contribution in [0.25, 0.3) is 0 Å². The number of aliphatic hydroxyl groups excluding tert-OH is 1. The van der Waals surface area contributed by atoms with Gasteiger partial charge in [-0.2, -0.15) is 10.4 Å². The number of quaternary nitrogens is 1. The van der Waals surface area contributed by atoms with E-state index in [1.807, 2.05) is 6.07 Å². The fraction of sp³-hybridized carbons (Fsp3) is 0.450. The minimum atomic E-state index is -4.12. The van der Waals surface area contributed by atoms with Crippen molar-refractivity contribution in [2.75, 3.05) is 13.7 Å². The van der Waals surface area contributed by atoms with E-state index in [1.165, 1.54) is 20.2 Å². The number of hydrogen-bond donors (Lipinski definition) is 4. The fourth-order valence-corrected chi connectivity index (χ4v) is 4.63. The van der Waals surface area contributed by atoms with Crippen LogP contribution in [0.1, 0.15) is 23.8 Å². The Bertz CT molecular complexity index is 1100. The van der Waals surface area contributed by atoms with Crippen LogP contribution >= 0.6 is 8.09 Å². The summed E-state index contributed by atoms with van der Waals surface area (Å²) in [5.41, 5.74) is -0.136. The molecule has 0 aliphatic carbocycles.